The molecule has 0 spiro atoms. The zero-order valence-electron chi connectivity index (χ0n) is 14.7. The lowest BCUT2D eigenvalue weighted by Gasteiger charge is -2.28. The zero-order valence-corrected chi connectivity index (χ0v) is 14.7. The minimum Gasteiger partial charge on any atom is -0.306 e. The van der Waals surface area contributed by atoms with Crippen LogP contribution in [0.5, 0.6) is 0 Å². The van der Waals surface area contributed by atoms with E-state index in [1.807, 2.05) is 7.05 Å². The first kappa shape index (κ1) is 17.7. The number of benzene rings is 1. The predicted molar refractivity (Wildman–Crippen MR) is 89.6 cm³/mol. The van der Waals surface area contributed by atoms with Crippen LogP contribution in [0, 0.1) is 11.8 Å². The van der Waals surface area contributed by atoms with Crippen LogP contribution in [-0.2, 0) is 12.7 Å². The summed E-state index contributed by atoms with van der Waals surface area (Å²) in [6.07, 6.45) is 0.449. The van der Waals surface area contributed by atoms with E-state index in [9.17, 15) is 13.2 Å². The van der Waals surface area contributed by atoms with Crippen LogP contribution < -0.4 is 0 Å². The quantitative estimate of drug-likeness (QED) is 0.808. The summed E-state index contributed by atoms with van der Waals surface area (Å²) < 4.78 is 39.5. The number of hydrogen-bond acceptors (Lipinski definition) is 2. The molecule has 3 rings (SSSR count). The lowest BCUT2D eigenvalue weighted by molar-refractivity contribution is -0.138. The van der Waals surface area contributed by atoms with Crippen molar-refractivity contribution in [3.63, 3.8) is 0 Å². The topological polar surface area (TPSA) is 6.48 Å². The van der Waals surface area contributed by atoms with E-state index in [1.165, 1.54) is 25.0 Å². The van der Waals surface area contributed by atoms with Crippen LogP contribution in [0.3, 0.4) is 0 Å². The first-order valence-electron chi connectivity index (χ1n) is 8.77. The van der Waals surface area contributed by atoms with Gasteiger partial charge in [0.15, 0.2) is 0 Å². The van der Waals surface area contributed by atoms with Crippen molar-refractivity contribution in [2.45, 2.75) is 50.5 Å². The molecule has 2 fully saturated rings. The average molecular weight is 340 g/mol. The summed E-state index contributed by atoms with van der Waals surface area (Å²) in [6, 6.07) is 7.05. The van der Waals surface area contributed by atoms with Crippen molar-refractivity contribution in [2.75, 3.05) is 21.1 Å². The van der Waals surface area contributed by atoms with E-state index in [2.05, 4.69) is 23.9 Å². The number of halogens is 3. The van der Waals surface area contributed by atoms with Gasteiger partial charge in [-0.15, -0.1) is 0 Å². The second kappa shape index (κ2) is 6.68. The van der Waals surface area contributed by atoms with Crippen molar-refractivity contribution in [3.05, 3.63) is 35.4 Å². The molecule has 5 heteroatoms. The van der Waals surface area contributed by atoms with E-state index in [0.717, 1.165) is 24.7 Å². The highest BCUT2D eigenvalue weighted by Gasteiger charge is 2.43. The fraction of sp³-hybridized carbons (Fsp3) is 0.684. The van der Waals surface area contributed by atoms with E-state index in [1.54, 1.807) is 12.1 Å². The Hall–Kier alpha value is -1.07. The maximum absolute atomic E-state index is 13.2. The van der Waals surface area contributed by atoms with Crippen LogP contribution in [-0.4, -0.2) is 43.0 Å². The molecule has 0 bridgehead atoms. The molecule has 24 heavy (non-hydrogen) atoms. The summed E-state index contributed by atoms with van der Waals surface area (Å²) in [5.41, 5.74) is -0.113. The third-order valence-electron chi connectivity index (χ3n) is 6.06. The molecule has 1 aromatic carbocycles. The van der Waals surface area contributed by atoms with Crippen LogP contribution in [0.25, 0.3) is 0 Å². The Morgan fingerprint density at radius 1 is 0.917 bits per heavy atom. The molecule has 2 saturated carbocycles. The molecule has 1 aromatic rings. The number of nitrogens with zero attached hydrogens (tertiary/aromatic N) is 2. The summed E-state index contributed by atoms with van der Waals surface area (Å²) in [4.78, 5) is 4.45. The predicted octanol–water partition coefficient (Wildman–Crippen LogP) is 4.26. The normalized spacial score (nSPS) is 30.3. The summed E-state index contributed by atoms with van der Waals surface area (Å²) in [7, 11) is 6.26. The van der Waals surface area contributed by atoms with Crippen molar-refractivity contribution in [1.29, 1.82) is 0 Å². The average Bonchev–Trinajstić information content (AvgIpc) is 3.05. The van der Waals surface area contributed by atoms with Crippen molar-refractivity contribution >= 4 is 0 Å². The molecule has 2 nitrogen and oxygen atoms in total. The van der Waals surface area contributed by atoms with Crippen LogP contribution in [0.1, 0.15) is 36.8 Å². The minimum absolute atomic E-state index is 0.372. The molecule has 0 aliphatic heterocycles. The van der Waals surface area contributed by atoms with Gasteiger partial charge in [0.2, 0.25) is 0 Å². The molecule has 0 saturated heterocycles. The van der Waals surface area contributed by atoms with E-state index < -0.39 is 11.7 Å². The Morgan fingerprint density at radius 2 is 1.46 bits per heavy atom. The van der Waals surface area contributed by atoms with Gasteiger partial charge in [-0.2, -0.15) is 13.2 Å². The van der Waals surface area contributed by atoms with Gasteiger partial charge in [-0.3, -0.25) is 4.90 Å². The summed E-state index contributed by atoms with van der Waals surface area (Å²) in [6.45, 7) is 0.372. The van der Waals surface area contributed by atoms with Crippen molar-refractivity contribution in [2.24, 2.45) is 11.8 Å². The zero-order chi connectivity index (χ0) is 17.5. The molecule has 2 unspecified atom stereocenters. The second-order valence-electron chi connectivity index (χ2n) is 7.80. The van der Waals surface area contributed by atoms with E-state index in [4.69, 9.17) is 0 Å². The van der Waals surface area contributed by atoms with Gasteiger partial charge in [-0.05, 0) is 70.3 Å². The molecule has 0 N–H and O–H groups in total. The standard InChI is InChI=1S/C19H27F3N2/c1-23(2)16-8-14-10-17(11-15(14)9-16)24(3)12-13-6-4-5-7-18(13)19(20,21)22/h4-7,14-17H,8-12H2,1-3H3/t14-,15+,16?,17?. The fourth-order valence-electron chi connectivity index (χ4n) is 4.67. The monoisotopic (exact) mass is 340 g/mol. The summed E-state index contributed by atoms with van der Waals surface area (Å²) in [5.74, 6) is 1.48. The van der Waals surface area contributed by atoms with Crippen LogP contribution in [0.15, 0.2) is 24.3 Å². The molecule has 134 valence electrons. The SMILES string of the molecule is CN(C)C1C[C@@H]2CC(N(C)Cc3ccccc3C(F)(F)F)C[C@@H]2C1. The Morgan fingerprint density at radius 3 is 2.00 bits per heavy atom. The van der Waals surface area contributed by atoms with Crippen LogP contribution in [0.4, 0.5) is 13.2 Å². The number of fused-ring (bicyclic) bond motifs is 1. The molecule has 2 aliphatic rings. The number of alkyl halides is 3. The molecule has 0 amide bonds. The Bertz CT molecular complexity index is 556. The molecule has 0 heterocycles. The van der Waals surface area contributed by atoms with Gasteiger partial charge in [0, 0.05) is 18.6 Å². The van der Waals surface area contributed by atoms with E-state index in [-0.39, 0.29) is 0 Å². The molecule has 2 aliphatic carbocycles. The van der Waals surface area contributed by atoms with Gasteiger partial charge in [0.25, 0.3) is 0 Å². The Kier molecular flexibility index (Phi) is 4.94. The first-order chi connectivity index (χ1) is 11.3. The maximum Gasteiger partial charge on any atom is 0.416 e. The van der Waals surface area contributed by atoms with Gasteiger partial charge < -0.3 is 4.90 Å². The molecule has 0 radical (unpaired) electrons. The summed E-state index contributed by atoms with van der Waals surface area (Å²) >= 11 is 0. The Labute approximate surface area is 142 Å². The van der Waals surface area contributed by atoms with Crippen molar-refractivity contribution < 1.29 is 13.2 Å². The highest BCUT2D eigenvalue weighted by molar-refractivity contribution is 5.29. The van der Waals surface area contributed by atoms with E-state index in [0.29, 0.717) is 24.2 Å². The fourth-order valence-corrected chi connectivity index (χ4v) is 4.67. The molecular weight excluding hydrogens is 313 g/mol. The smallest absolute Gasteiger partial charge is 0.306 e. The minimum atomic E-state index is -4.28. The molecule has 0 aromatic heterocycles. The van der Waals surface area contributed by atoms with Gasteiger partial charge >= 0.3 is 6.18 Å². The number of rotatable bonds is 4. The highest BCUT2D eigenvalue weighted by atomic mass is 19.4. The van der Waals surface area contributed by atoms with Gasteiger partial charge in [-0.25, -0.2) is 0 Å². The third-order valence-corrected chi connectivity index (χ3v) is 6.06. The van der Waals surface area contributed by atoms with Crippen molar-refractivity contribution in [1.82, 2.24) is 9.80 Å². The van der Waals surface area contributed by atoms with E-state index >= 15 is 0 Å². The van der Waals surface area contributed by atoms with Crippen molar-refractivity contribution in [3.8, 4) is 0 Å². The molecule has 4 atom stereocenters. The summed E-state index contributed by atoms with van der Waals surface area (Å²) in [5, 5.41) is 0. The maximum atomic E-state index is 13.2. The van der Waals surface area contributed by atoms with Crippen LogP contribution >= 0.6 is 0 Å². The second-order valence-corrected chi connectivity index (χ2v) is 7.80. The lowest BCUT2D eigenvalue weighted by atomic mass is 10.0. The van der Waals surface area contributed by atoms with Crippen LogP contribution in [0.2, 0.25) is 0 Å². The van der Waals surface area contributed by atoms with Gasteiger partial charge in [0.05, 0.1) is 5.56 Å². The lowest BCUT2D eigenvalue weighted by Crippen LogP contribution is -2.32. The number of hydrogen-bond donors (Lipinski definition) is 0. The highest BCUT2D eigenvalue weighted by Crippen LogP contribution is 2.46. The first-order valence-corrected chi connectivity index (χ1v) is 8.77. The Balaban J connectivity index is 1.63. The van der Waals surface area contributed by atoms with Gasteiger partial charge in [0.1, 0.15) is 0 Å². The largest absolute Gasteiger partial charge is 0.416 e. The van der Waals surface area contributed by atoms with Gasteiger partial charge in [-0.1, -0.05) is 18.2 Å². The third kappa shape index (κ3) is 3.62. The molecular formula is C19H27F3N2.